The minimum absolute atomic E-state index is 0.369. The third-order valence-electron chi connectivity index (χ3n) is 2.97. The minimum atomic E-state index is -0.458. The highest BCUT2D eigenvalue weighted by molar-refractivity contribution is 6.45. The first-order valence-corrected chi connectivity index (χ1v) is 5.22. The molecule has 0 aliphatic carbocycles. The smallest absolute Gasteiger partial charge is 0.376 e. The van der Waals surface area contributed by atoms with Gasteiger partial charge in [0.15, 0.2) is 0 Å². The first kappa shape index (κ1) is 11.0. The maximum absolute atomic E-state index is 10.1. The number of nitrogens with zero attached hydrogens (tertiary/aromatic N) is 1. The van der Waals surface area contributed by atoms with Crippen LogP contribution in [-0.2, 0) is 0 Å². The van der Waals surface area contributed by atoms with E-state index in [1.165, 1.54) is 0 Å². The summed E-state index contributed by atoms with van der Waals surface area (Å²) in [6.45, 7) is 5.51. The van der Waals surface area contributed by atoms with Crippen molar-refractivity contribution in [1.29, 1.82) is 0 Å². The molecule has 0 unspecified atom stereocenters. The standard InChI is InChI=1S/C9H20BNO2/c1-3-4-9(12)5-7-11(8-6-9)10(2)13/h12-13H,3-8H2,1-2H3. The molecule has 2 N–H and O–H groups in total. The van der Waals surface area contributed by atoms with E-state index < -0.39 is 5.60 Å². The fourth-order valence-electron chi connectivity index (χ4n) is 2.03. The molecule has 0 spiro atoms. The van der Waals surface area contributed by atoms with Gasteiger partial charge in [-0.2, -0.15) is 0 Å². The third-order valence-corrected chi connectivity index (χ3v) is 2.97. The van der Waals surface area contributed by atoms with Crippen molar-refractivity contribution in [3.8, 4) is 0 Å². The predicted molar refractivity (Wildman–Crippen MR) is 54.5 cm³/mol. The van der Waals surface area contributed by atoms with Gasteiger partial charge in [-0.25, -0.2) is 0 Å². The lowest BCUT2D eigenvalue weighted by atomic mass is 9.78. The van der Waals surface area contributed by atoms with Crippen molar-refractivity contribution < 1.29 is 10.1 Å². The van der Waals surface area contributed by atoms with E-state index >= 15 is 0 Å². The van der Waals surface area contributed by atoms with Crippen LogP contribution in [0.4, 0.5) is 0 Å². The van der Waals surface area contributed by atoms with Crippen molar-refractivity contribution in [2.45, 2.75) is 45.0 Å². The lowest BCUT2D eigenvalue weighted by molar-refractivity contribution is -0.0155. The quantitative estimate of drug-likeness (QED) is 0.637. The number of aliphatic hydroxyl groups is 1. The molecule has 4 heteroatoms. The molecule has 1 rings (SSSR count). The molecule has 0 bridgehead atoms. The summed E-state index contributed by atoms with van der Waals surface area (Å²) in [7, 11) is -0.369. The van der Waals surface area contributed by atoms with E-state index in [-0.39, 0.29) is 7.05 Å². The monoisotopic (exact) mass is 185 g/mol. The summed E-state index contributed by atoms with van der Waals surface area (Å²) in [6.07, 6.45) is 3.52. The first-order chi connectivity index (χ1) is 6.07. The van der Waals surface area contributed by atoms with Gasteiger partial charge < -0.3 is 14.9 Å². The maximum Gasteiger partial charge on any atom is 0.376 e. The molecule has 0 aromatic carbocycles. The minimum Gasteiger partial charge on any atom is -0.437 e. The van der Waals surface area contributed by atoms with Gasteiger partial charge >= 0.3 is 7.05 Å². The SMILES string of the molecule is CCCC1(O)CCN(B(C)O)CC1. The van der Waals surface area contributed by atoms with E-state index in [0.29, 0.717) is 0 Å². The van der Waals surface area contributed by atoms with Crippen LogP contribution in [0.3, 0.4) is 0 Å². The number of hydrogen-bond donors (Lipinski definition) is 2. The zero-order valence-corrected chi connectivity index (χ0v) is 8.66. The molecule has 0 atom stereocenters. The van der Waals surface area contributed by atoms with Crippen molar-refractivity contribution in [3.63, 3.8) is 0 Å². The molecule has 1 heterocycles. The van der Waals surface area contributed by atoms with E-state index in [1.807, 2.05) is 4.81 Å². The molecule has 0 saturated carbocycles. The first-order valence-electron chi connectivity index (χ1n) is 5.22. The fourth-order valence-corrected chi connectivity index (χ4v) is 2.03. The summed E-state index contributed by atoms with van der Waals surface area (Å²) in [5.74, 6) is 0. The summed E-state index contributed by atoms with van der Waals surface area (Å²) in [5.41, 5.74) is -0.458. The normalized spacial score (nSPS) is 23.1. The van der Waals surface area contributed by atoms with Crippen molar-refractivity contribution in [3.05, 3.63) is 0 Å². The Morgan fingerprint density at radius 1 is 1.38 bits per heavy atom. The van der Waals surface area contributed by atoms with Gasteiger partial charge in [-0.1, -0.05) is 13.3 Å². The molecule has 0 aromatic heterocycles. The van der Waals surface area contributed by atoms with Gasteiger partial charge in [0.25, 0.3) is 0 Å². The Bertz CT molecular complexity index is 156. The van der Waals surface area contributed by atoms with Gasteiger partial charge in [-0.15, -0.1) is 0 Å². The second kappa shape index (κ2) is 4.44. The van der Waals surface area contributed by atoms with Gasteiger partial charge in [0.1, 0.15) is 0 Å². The van der Waals surface area contributed by atoms with Crippen molar-refractivity contribution >= 4 is 7.05 Å². The topological polar surface area (TPSA) is 43.7 Å². The molecule has 13 heavy (non-hydrogen) atoms. The van der Waals surface area contributed by atoms with Crippen LogP contribution in [0.2, 0.25) is 6.82 Å². The lowest BCUT2D eigenvalue weighted by Crippen LogP contribution is -2.49. The van der Waals surface area contributed by atoms with Crippen LogP contribution >= 0.6 is 0 Å². The van der Waals surface area contributed by atoms with Gasteiger partial charge in [-0.05, 0) is 39.2 Å². The van der Waals surface area contributed by atoms with Gasteiger partial charge in [0.2, 0.25) is 0 Å². The number of piperidine rings is 1. The third kappa shape index (κ3) is 2.97. The Hall–Kier alpha value is -0.0551. The van der Waals surface area contributed by atoms with Crippen molar-refractivity contribution in [2.75, 3.05) is 13.1 Å². The van der Waals surface area contributed by atoms with Crippen LogP contribution in [0.1, 0.15) is 32.6 Å². The Balaban J connectivity index is 2.37. The summed E-state index contributed by atoms with van der Waals surface area (Å²) < 4.78 is 0. The van der Waals surface area contributed by atoms with Crippen molar-refractivity contribution in [2.24, 2.45) is 0 Å². The average Bonchev–Trinajstić information content (AvgIpc) is 2.05. The van der Waals surface area contributed by atoms with Crippen LogP contribution in [0.5, 0.6) is 0 Å². The Labute approximate surface area is 80.9 Å². The molecule has 0 radical (unpaired) electrons. The molecular formula is C9H20BNO2. The summed E-state index contributed by atoms with van der Waals surface area (Å²) in [6, 6.07) is 0. The Kier molecular flexibility index (Phi) is 3.77. The Morgan fingerprint density at radius 3 is 2.31 bits per heavy atom. The summed E-state index contributed by atoms with van der Waals surface area (Å²) in [5, 5.41) is 19.4. The molecule has 1 aliphatic rings. The summed E-state index contributed by atoms with van der Waals surface area (Å²) in [4.78, 5) is 2.00. The largest absolute Gasteiger partial charge is 0.437 e. The molecular weight excluding hydrogens is 165 g/mol. The zero-order chi connectivity index (χ0) is 9.90. The number of rotatable bonds is 3. The molecule has 1 aliphatic heterocycles. The van der Waals surface area contributed by atoms with E-state index in [1.54, 1.807) is 6.82 Å². The predicted octanol–water partition coefficient (Wildman–Crippen LogP) is 0.724. The highest BCUT2D eigenvalue weighted by Crippen LogP contribution is 2.26. The molecule has 76 valence electrons. The van der Waals surface area contributed by atoms with E-state index in [4.69, 9.17) is 0 Å². The van der Waals surface area contributed by atoms with Gasteiger partial charge in [0.05, 0.1) is 5.60 Å². The van der Waals surface area contributed by atoms with Gasteiger partial charge in [0, 0.05) is 0 Å². The molecule has 1 saturated heterocycles. The molecule has 3 nitrogen and oxygen atoms in total. The average molecular weight is 185 g/mol. The molecule has 0 amide bonds. The molecule has 0 aromatic rings. The van der Waals surface area contributed by atoms with Crippen molar-refractivity contribution in [1.82, 2.24) is 4.81 Å². The van der Waals surface area contributed by atoms with E-state index in [0.717, 1.165) is 38.8 Å². The highest BCUT2D eigenvalue weighted by atomic mass is 16.3. The fraction of sp³-hybridized carbons (Fsp3) is 1.00. The second-order valence-electron chi connectivity index (χ2n) is 4.14. The van der Waals surface area contributed by atoms with Crippen LogP contribution < -0.4 is 0 Å². The van der Waals surface area contributed by atoms with E-state index in [2.05, 4.69) is 6.92 Å². The lowest BCUT2D eigenvalue weighted by Gasteiger charge is -2.38. The highest BCUT2D eigenvalue weighted by Gasteiger charge is 2.33. The maximum atomic E-state index is 10.1. The number of hydrogen-bond acceptors (Lipinski definition) is 3. The second-order valence-corrected chi connectivity index (χ2v) is 4.14. The van der Waals surface area contributed by atoms with Crippen LogP contribution in [0, 0.1) is 0 Å². The molecule has 1 fully saturated rings. The van der Waals surface area contributed by atoms with E-state index in [9.17, 15) is 10.1 Å². The van der Waals surface area contributed by atoms with Crippen LogP contribution in [0.25, 0.3) is 0 Å². The van der Waals surface area contributed by atoms with Gasteiger partial charge in [-0.3, -0.25) is 0 Å². The Morgan fingerprint density at radius 2 is 1.92 bits per heavy atom. The van der Waals surface area contributed by atoms with Crippen LogP contribution in [-0.4, -0.2) is 40.7 Å². The zero-order valence-electron chi connectivity index (χ0n) is 8.66. The summed E-state index contributed by atoms with van der Waals surface area (Å²) >= 11 is 0. The van der Waals surface area contributed by atoms with Crippen LogP contribution in [0.15, 0.2) is 0 Å².